The summed E-state index contributed by atoms with van der Waals surface area (Å²) in [5.74, 6) is -3.00. The number of aliphatic hydroxyl groups is 1. The Morgan fingerprint density at radius 1 is 1.18 bits per heavy atom. The molecule has 6 N–H and O–H groups in total. The summed E-state index contributed by atoms with van der Waals surface area (Å²) >= 11 is 0. The van der Waals surface area contributed by atoms with E-state index < -0.39 is 54.5 Å². The van der Waals surface area contributed by atoms with Crippen molar-refractivity contribution < 1.29 is 29.4 Å². The van der Waals surface area contributed by atoms with Crippen LogP contribution in [-0.4, -0.2) is 76.1 Å². The van der Waals surface area contributed by atoms with Crippen LogP contribution < -0.4 is 16.4 Å². The molecule has 33 heavy (non-hydrogen) atoms. The summed E-state index contributed by atoms with van der Waals surface area (Å²) in [6.45, 7) is 3.44. The molecule has 2 rings (SSSR count). The highest BCUT2D eigenvalue weighted by atomic mass is 16.4. The maximum Gasteiger partial charge on any atom is 0.326 e. The maximum atomic E-state index is 13.3. The smallest absolute Gasteiger partial charge is 0.326 e. The van der Waals surface area contributed by atoms with Crippen molar-refractivity contribution in [2.75, 3.05) is 13.2 Å². The summed E-state index contributed by atoms with van der Waals surface area (Å²) < 4.78 is 0. The van der Waals surface area contributed by atoms with Crippen LogP contribution in [0, 0.1) is 5.92 Å². The molecule has 0 aliphatic carbocycles. The molecule has 1 aromatic rings. The number of rotatable bonds is 11. The number of hydrogen-bond acceptors (Lipinski definition) is 6. The number of carboxylic acids is 1. The first-order valence-corrected chi connectivity index (χ1v) is 11.2. The number of nitrogens with one attached hydrogen (secondary N) is 2. The molecule has 1 saturated heterocycles. The summed E-state index contributed by atoms with van der Waals surface area (Å²) in [5.41, 5.74) is 6.34. The molecular weight excluding hydrogens is 428 g/mol. The summed E-state index contributed by atoms with van der Waals surface area (Å²) in [6.07, 6.45) is 1.69. The van der Waals surface area contributed by atoms with E-state index in [0.717, 1.165) is 5.56 Å². The van der Waals surface area contributed by atoms with Crippen molar-refractivity contribution >= 4 is 23.7 Å². The van der Waals surface area contributed by atoms with Gasteiger partial charge in [-0.05, 0) is 24.3 Å². The second-order valence-corrected chi connectivity index (χ2v) is 8.44. The summed E-state index contributed by atoms with van der Waals surface area (Å²) in [5, 5.41) is 23.9. The van der Waals surface area contributed by atoms with Gasteiger partial charge in [-0.1, -0.05) is 50.6 Å². The van der Waals surface area contributed by atoms with Crippen LogP contribution in [0.2, 0.25) is 0 Å². The number of nitrogens with zero attached hydrogens (tertiary/aromatic N) is 1. The monoisotopic (exact) mass is 462 g/mol. The lowest BCUT2D eigenvalue weighted by atomic mass is 9.97. The Labute approximate surface area is 193 Å². The predicted octanol–water partition coefficient (Wildman–Crippen LogP) is -0.360. The number of carbonyl (C=O) groups is 4. The molecule has 0 saturated carbocycles. The van der Waals surface area contributed by atoms with Crippen LogP contribution in [0.15, 0.2) is 30.3 Å². The van der Waals surface area contributed by atoms with Gasteiger partial charge < -0.3 is 31.5 Å². The fraction of sp³-hybridized carbons (Fsp3) is 0.565. The minimum atomic E-state index is -1.16. The van der Waals surface area contributed by atoms with Gasteiger partial charge in [0.05, 0.1) is 6.61 Å². The highest BCUT2D eigenvalue weighted by Crippen LogP contribution is 2.22. The zero-order chi connectivity index (χ0) is 24.5. The lowest BCUT2D eigenvalue weighted by Gasteiger charge is -2.32. The number of likely N-dealkylation sites (tertiary alicyclic amines) is 1. The Kier molecular flexibility index (Phi) is 9.80. The fourth-order valence-corrected chi connectivity index (χ4v) is 3.83. The number of amides is 3. The van der Waals surface area contributed by atoms with Gasteiger partial charge in [0, 0.05) is 13.0 Å². The summed E-state index contributed by atoms with van der Waals surface area (Å²) in [4.78, 5) is 51.7. The van der Waals surface area contributed by atoms with Crippen molar-refractivity contribution in [3.05, 3.63) is 35.9 Å². The average Bonchev–Trinajstić information content (AvgIpc) is 3.31. The first-order chi connectivity index (χ1) is 15.7. The molecule has 0 spiro atoms. The van der Waals surface area contributed by atoms with Crippen molar-refractivity contribution in [1.29, 1.82) is 0 Å². The molecule has 182 valence electrons. The molecule has 5 unspecified atom stereocenters. The molecule has 0 radical (unpaired) electrons. The standard InChI is InChI=1S/C23H34N4O6/c1-3-14(2)19(26-20(29)16(24)13-28)22(31)27-11-7-10-18(27)21(30)25-17(23(32)33)12-15-8-5-4-6-9-15/h4-6,8-9,14,16-19,28H,3,7,10-13,24H2,1-2H3,(H,25,30)(H,26,29)(H,32,33). The maximum absolute atomic E-state index is 13.3. The lowest BCUT2D eigenvalue weighted by molar-refractivity contribution is -0.145. The SMILES string of the molecule is CCC(C)C(NC(=O)C(N)CO)C(=O)N1CCCC1C(=O)NC(Cc1ccccc1)C(=O)O. The molecule has 5 atom stereocenters. The van der Waals surface area contributed by atoms with Crippen molar-refractivity contribution in [2.45, 2.75) is 63.7 Å². The predicted molar refractivity (Wildman–Crippen MR) is 121 cm³/mol. The van der Waals surface area contributed by atoms with Crippen molar-refractivity contribution in [1.82, 2.24) is 15.5 Å². The van der Waals surface area contributed by atoms with Crippen LogP contribution in [0.4, 0.5) is 0 Å². The van der Waals surface area contributed by atoms with E-state index in [1.807, 2.05) is 13.0 Å². The van der Waals surface area contributed by atoms with Crippen molar-refractivity contribution in [2.24, 2.45) is 11.7 Å². The Morgan fingerprint density at radius 2 is 1.85 bits per heavy atom. The molecule has 0 bridgehead atoms. The Bertz CT molecular complexity index is 834. The second kappa shape index (κ2) is 12.3. The first-order valence-electron chi connectivity index (χ1n) is 11.2. The summed E-state index contributed by atoms with van der Waals surface area (Å²) in [7, 11) is 0. The van der Waals surface area contributed by atoms with Gasteiger partial charge in [0.2, 0.25) is 17.7 Å². The van der Waals surface area contributed by atoms with E-state index >= 15 is 0 Å². The fourth-order valence-electron chi connectivity index (χ4n) is 3.83. The molecule has 3 amide bonds. The molecule has 1 aliphatic rings. The third-order valence-electron chi connectivity index (χ3n) is 6.05. The molecule has 1 aliphatic heterocycles. The number of hydrogen-bond donors (Lipinski definition) is 5. The topological polar surface area (TPSA) is 162 Å². The molecule has 1 fully saturated rings. The lowest BCUT2D eigenvalue weighted by Crippen LogP contribution is -2.58. The van der Waals surface area contributed by atoms with Crippen molar-refractivity contribution in [3.63, 3.8) is 0 Å². The third kappa shape index (κ3) is 7.00. The zero-order valence-corrected chi connectivity index (χ0v) is 19.1. The van der Waals surface area contributed by atoms with Gasteiger partial charge in [0.1, 0.15) is 24.2 Å². The number of aliphatic carboxylic acids is 1. The Hall–Kier alpha value is -2.98. The van der Waals surface area contributed by atoms with Gasteiger partial charge in [-0.25, -0.2) is 4.79 Å². The van der Waals surface area contributed by atoms with Gasteiger partial charge in [0.15, 0.2) is 0 Å². The van der Waals surface area contributed by atoms with E-state index in [0.29, 0.717) is 25.8 Å². The molecule has 10 heteroatoms. The number of carboxylic acid groups (broad SMARTS) is 1. The van der Waals surface area contributed by atoms with Gasteiger partial charge in [-0.2, -0.15) is 0 Å². The highest BCUT2D eigenvalue weighted by molar-refractivity contribution is 5.94. The Balaban J connectivity index is 2.14. The van der Waals surface area contributed by atoms with Gasteiger partial charge in [-0.3, -0.25) is 14.4 Å². The van der Waals surface area contributed by atoms with Crippen LogP contribution in [0.5, 0.6) is 0 Å². The van der Waals surface area contributed by atoms with Crippen LogP contribution >= 0.6 is 0 Å². The van der Waals surface area contributed by atoms with E-state index in [-0.39, 0.29) is 12.3 Å². The molecule has 1 heterocycles. The normalized spacial score (nSPS) is 19.3. The number of nitrogens with two attached hydrogens (primary N) is 1. The van der Waals surface area contributed by atoms with Crippen LogP contribution in [0.1, 0.15) is 38.7 Å². The minimum Gasteiger partial charge on any atom is -0.480 e. The third-order valence-corrected chi connectivity index (χ3v) is 6.05. The second-order valence-electron chi connectivity index (χ2n) is 8.44. The van der Waals surface area contributed by atoms with Crippen LogP contribution in [-0.2, 0) is 25.6 Å². The van der Waals surface area contributed by atoms with Crippen molar-refractivity contribution in [3.8, 4) is 0 Å². The van der Waals surface area contributed by atoms with E-state index in [4.69, 9.17) is 10.8 Å². The largest absolute Gasteiger partial charge is 0.480 e. The quantitative estimate of drug-likeness (QED) is 0.300. The van der Waals surface area contributed by atoms with Crippen LogP contribution in [0.3, 0.4) is 0 Å². The van der Waals surface area contributed by atoms with Gasteiger partial charge >= 0.3 is 5.97 Å². The molecular formula is C23H34N4O6. The van der Waals surface area contributed by atoms with Crippen LogP contribution in [0.25, 0.3) is 0 Å². The number of carbonyl (C=O) groups excluding carboxylic acids is 3. The van der Waals surface area contributed by atoms with E-state index in [1.54, 1.807) is 31.2 Å². The molecule has 1 aromatic carbocycles. The molecule has 0 aromatic heterocycles. The minimum absolute atomic E-state index is 0.118. The number of aliphatic hydroxyl groups excluding tert-OH is 1. The van der Waals surface area contributed by atoms with E-state index in [1.165, 1.54) is 4.90 Å². The number of benzene rings is 1. The molecule has 10 nitrogen and oxygen atoms in total. The van der Waals surface area contributed by atoms with E-state index in [2.05, 4.69) is 10.6 Å². The Morgan fingerprint density at radius 3 is 2.42 bits per heavy atom. The zero-order valence-electron chi connectivity index (χ0n) is 19.1. The summed E-state index contributed by atoms with van der Waals surface area (Å²) in [6, 6.07) is 4.94. The average molecular weight is 463 g/mol. The van der Waals surface area contributed by atoms with Gasteiger partial charge in [0.25, 0.3) is 0 Å². The highest BCUT2D eigenvalue weighted by Gasteiger charge is 2.40. The first kappa shape index (κ1) is 26.3. The van der Waals surface area contributed by atoms with E-state index in [9.17, 15) is 24.3 Å². The van der Waals surface area contributed by atoms with Gasteiger partial charge in [-0.15, -0.1) is 0 Å².